The van der Waals surface area contributed by atoms with Crippen LogP contribution in [0.5, 0.6) is 0 Å². The van der Waals surface area contributed by atoms with Crippen molar-refractivity contribution in [2.24, 2.45) is 0 Å². The van der Waals surface area contributed by atoms with E-state index in [0.717, 1.165) is 25.0 Å². The Morgan fingerprint density at radius 1 is 1.41 bits per heavy atom. The molecule has 2 rings (SSSR count). The first-order valence-electron chi connectivity index (χ1n) is 6.34. The van der Waals surface area contributed by atoms with Gasteiger partial charge in [-0.1, -0.05) is 12.1 Å². The molecule has 0 bridgehead atoms. The van der Waals surface area contributed by atoms with E-state index in [1.807, 2.05) is 19.2 Å². The molecule has 1 aliphatic rings. The van der Waals surface area contributed by atoms with Crippen LogP contribution in [-0.2, 0) is 4.74 Å². The van der Waals surface area contributed by atoms with E-state index >= 15 is 0 Å². The number of nitrogens with one attached hydrogen (secondary N) is 1. The maximum atomic E-state index is 12.8. The lowest BCUT2D eigenvalue weighted by atomic mass is 9.99. The molecule has 0 saturated carbocycles. The maximum Gasteiger partial charge on any atom is 0.123 e. The van der Waals surface area contributed by atoms with Crippen LogP contribution in [0.1, 0.15) is 37.3 Å². The van der Waals surface area contributed by atoms with Crippen LogP contribution < -0.4 is 5.32 Å². The zero-order chi connectivity index (χ0) is 12.1. The Bertz CT molecular complexity index is 333. The van der Waals surface area contributed by atoms with Gasteiger partial charge in [-0.2, -0.15) is 0 Å². The van der Waals surface area contributed by atoms with Gasteiger partial charge < -0.3 is 10.1 Å². The number of benzene rings is 1. The zero-order valence-corrected chi connectivity index (χ0v) is 10.3. The van der Waals surface area contributed by atoms with Gasteiger partial charge in [-0.25, -0.2) is 4.39 Å². The van der Waals surface area contributed by atoms with Crippen molar-refractivity contribution in [3.63, 3.8) is 0 Å². The fourth-order valence-electron chi connectivity index (χ4n) is 2.40. The lowest BCUT2D eigenvalue weighted by molar-refractivity contribution is 0.0998. The molecule has 1 aromatic carbocycles. The van der Waals surface area contributed by atoms with Crippen molar-refractivity contribution in [1.29, 1.82) is 0 Å². The maximum absolute atomic E-state index is 12.8. The summed E-state index contributed by atoms with van der Waals surface area (Å²) >= 11 is 0. The van der Waals surface area contributed by atoms with Gasteiger partial charge in [-0.3, -0.25) is 0 Å². The molecule has 2 atom stereocenters. The fraction of sp³-hybridized carbons (Fsp3) is 0.571. The Balaban J connectivity index is 1.89. The van der Waals surface area contributed by atoms with Gasteiger partial charge in [-0.15, -0.1) is 0 Å². The summed E-state index contributed by atoms with van der Waals surface area (Å²) in [4.78, 5) is 0. The molecule has 17 heavy (non-hydrogen) atoms. The first kappa shape index (κ1) is 12.5. The number of halogens is 1. The Morgan fingerprint density at radius 2 is 2.18 bits per heavy atom. The van der Waals surface area contributed by atoms with Crippen molar-refractivity contribution >= 4 is 0 Å². The molecular weight excluding hydrogens is 217 g/mol. The van der Waals surface area contributed by atoms with Crippen LogP contribution >= 0.6 is 0 Å². The largest absolute Gasteiger partial charge is 0.378 e. The number of rotatable bonds is 5. The van der Waals surface area contributed by atoms with E-state index in [2.05, 4.69) is 5.32 Å². The molecule has 1 fully saturated rings. The molecule has 94 valence electrons. The van der Waals surface area contributed by atoms with E-state index < -0.39 is 0 Å². The second-order valence-electron chi connectivity index (χ2n) is 4.61. The second-order valence-corrected chi connectivity index (χ2v) is 4.61. The van der Waals surface area contributed by atoms with Crippen molar-refractivity contribution in [2.45, 2.75) is 37.8 Å². The number of hydrogen-bond donors (Lipinski definition) is 1. The van der Waals surface area contributed by atoms with E-state index in [-0.39, 0.29) is 5.82 Å². The first-order valence-corrected chi connectivity index (χ1v) is 6.34. The third kappa shape index (κ3) is 3.51. The summed E-state index contributed by atoms with van der Waals surface area (Å²) in [5.74, 6) is -0.178. The minimum absolute atomic E-state index is 0.178. The van der Waals surface area contributed by atoms with Crippen LogP contribution in [0.25, 0.3) is 0 Å². The molecule has 0 amide bonds. The van der Waals surface area contributed by atoms with Crippen molar-refractivity contribution in [2.75, 3.05) is 13.7 Å². The molecule has 1 N–H and O–H groups in total. The first-order chi connectivity index (χ1) is 8.29. The fourth-order valence-corrected chi connectivity index (χ4v) is 2.40. The summed E-state index contributed by atoms with van der Waals surface area (Å²) in [5.41, 5.74) is 1.15. The molecule has 3 heteroatoms. The van der Waals surface area contributed by atoms with Gasteiger partial charge in [0, 0.05) is 12.6 Å². The van der Waals surface area contributed by atoms with Crippen molar-refractivity contribution in [3.05, 3.63) is 35.6 Å². The molecule has 0 spiro atoms. The Morgan fingerprint density at radius 3 is 2.76 bits per heavy atom. The summed E-state index contributed by atoms with van der Waals surface area (Å²) in [6.07, 6.45) is 4.90. The van der Waals surface area contributed by atoms with Crippen LogP contribution in [0.4, 0.5) is 4.39 Å². The van der Waals surface area contributed by atoms with Gasteiger partial charge in [0.15, 0.2) is 0 Å². The van der Waals surface area contributed by atoms with E-state index in [1.165, 1.54) is 25.0 Å². The van der Waals surface area contributed by atoms with Crippen LogP contribution in [0.3, 0.4) is 0 Å². The number of ether oxygens (including phenoxy) is 1. The molecule has 1 aliphatic heterocycles. The van der Waals surface area contributed by atoms with Gasteiger partial charge in [-0.05, 0) is 50.4 Å². The van der Waals surface area contributed by atoms with Gasteiger partial charge in [0.05, 0.1) is 6.10 Å². The molecule has 1 heterocycles. The van der Waals surface area contributed by atoms with Gasteiger partial charge >= 0.3 is 0 Å². The molecular formula is C14H20FNO. The molecule has 2 unspecified atom stereocenters. The minimum Gasteiger partial charge on any atom is -0.378 e. The predicted octanol–water partition coefficient (Wildman–Crippen LogP) is 3.05. The predicted molar refractivity (Wildman–Crippen MR) is 66.4 cm³/mol. The highest BCUT2D eigenvalue weighted by Crippen LogP contribution is 2.23. The lowest BCUT2D eigenvalue weighted by Crippen LogP contribution is -2.18. The highest BCUT2D eigenvalue weighted by atomic mass is 19.1. The third-order valence-electron chi connectivity index (χ3n) is 3.42. The van der Waals surface area contributed by atoms with Crippen LogP contribution in [0, 0.1) is 5.82 Å². The quantitative estimate of drug-likeness (QED) is 0.850. The number of hydrogen-bond acceptors (Lipinski definition) is 2. The lowest BCUT2D eigenvalue weighted by Gasteiger charge is -2.18. The molecule has 0 aromatic heterocycles. The summed E-state index contributed by atoms with van der Waals surface area (Å²) < 4.78 is 18.5. The van der Waals surface area contributed by atoms with Gasteiger partial charge in [0.1, 0.15) is 5.82 Å². The van der Waals surface area contributed by atoms with Crippen LogP contribution in [0.2, 0.25) is 0 Å². The Labute approximate surface area is 102 Å². The molecule has 2 nitrogen and oxygen atoms in total. The highest BCUT2D eigenvalue weighted by molar-refractivity contribution is 5.19. The summed E-state index contributed by atoms with van der Waals surface area (Å²) in [6, 6.07) is 7.04. The van der Waals surface area contributed by atoms with Gasteiger partial charge in [0.2, 0.25) is 0 Å². The second kappa shape index (κ2) is 6.12. The van der Waals surface area contributed by atoms with Crippen molar-refractivity contribution < 1.29 is 9.13 Å². The van der Waals surface area contributed by atoms with Crippen LogP contribution in [0.15, 0.2) is 24.3 Å². The van der Waals surface area contributed by atoms with E-state index in [9.17, 15) is 4.39 Å². The SMILES string of the molecule is CNC(CCC1CCCO1)c1ccc(F)cc1. The smallest absolute Gasteiger partial charge is 0.123 e. The zero-order valence-electron chi connectivity index (χ0n) is 10.3. The summed E-state index contributed by atoms with van der Waals surface area (Å²) in [5, 5.41) is 3.28. The average Bonchev–Trinajstić information content (AvgIpc) is 2.85. The average molecular weight is 237 g/mol. The Hall–Kier alpha value is -0.930. The molecule has 0 aliphatic carbocycles. The minimum atomic E-state index is -0.178. The summed E-state index contributed by atoms with van der Waals surface area (Å²) in [7, 11) is 1.95. The molecule has 0 radical (unpaired) electrons. The monoisotopic (exact) mass is 237 g/mol. The standard InChI is InChI=1S/C14H20FNO/c1-16-14(9-8-13-3-2-10-17-13)11-4-6-12(15)7-5-11/h4-7,13-14,16H,2-3,8-10H2,1H3. The Kier molecular flexibility index (Phi) is 4.51. The van der Waals surface area contributed by atoms with E-state index in [4.69, 9.17) is 4.74 Å². The van der Waals surface area contributed by atoms with Gasteiger partial charge in [0.25, 0.3) is 0 Å². The topological polar surface area (TPSA) is 21.3 Å². The third-order valence-corrected chi connectivity index (χ3v) is 3.42. The van der Waals surface area contributed by atoms with Crippen molar-refractivity contribution in [3.8, 4) is 0 Å². The summed E-state index contributed by atoms with van der Waals surface area (Å²) in [6.45, 7) is 0.908. The van der Waals surface area contributed by atoms with Crippen LogP contribution in [-0.4, -0.2) is 19.8 Å². The molecule has 1 aromatic rings. The van der Waals surface area contributed by atoms with Crippen molar-refractivity contribution in [1.82, 2.24) is 5.32 Å². The normalized spacial score (nSPS) is 21.6. The van der Waals surface area contributed by atoms with E-state index in [0.29, 0.717) is 12.1 Å². The highest BCUT2D eigenvalue weighted by Gasteiger charge is 2.18. The molecule has 1 saturated heterocycles. The van der Waals surface area contributed by atoms with E-state index in [1.54, 1.807) is 0 Å².